The third-order valence-electron chi connectivity index (χ3n) is 3.60. The normalized spacial score (nSPS) is 24.4. The van der Waals surface area contributed by atoms with Crippen molar-refractivity contribution in [1.29, 1.82) is 0 Å². The Morgan fingerprint density at radius 3 is 2.69 bits per heavy atom. The smallest absolute Gasteiger partial charge is 0.222 e. The molecule has 0 bridgehead atoms. The highest BCUT2D eigenvalue weighted by atomic mass is 16.3. The van der Waals surface area contributed by atoms with Gasteiger partial charge in [-0.25, -0.2) is 0 Å². The molecule has 0 aromatic rings. The Labute approximate surface area is 98.0 Å². The molecule has 2 unspecified atom stereocenters. The first-order valence-corrected chi connectivity index (χ1v) is 6.02. The van der Waals surface area contributed by atoms with Crippen molar-refractivity contribution in [2.75, 3.05) is 13.6 Å². The van der Waals surface area contributed by atoms with Crippen LogP contribution in [-0.2, 0) is 4.79 Å². The summed E-state index contributed by atoms with van der Waals surface area (Å²) < 4.78 is 0. The van der Waals surface area contributed by atoms with Crippen LogP contribution in [0.3, 0.4) is 0 Å². The summed E-state index contributed by atoms with van der Waals surface area (Å²) in [5, 5.41) is 12.4. The SMILES string of the molecule is CC(O)C(C)(C)NC(=O)CC1CCCN1C. The van der Waals surface area contributed by atoms with Gasteiger partial charge in [0, 0.05) is 12.5 Å². The Hall–Kier alpha value is -0.610. The summed E-state index contributed by atoms with van der Waals surface area (Å²) in [7, 11) is 2.06. The van der Waals surface area contributed by atoms with Gasteiger partial charge in [-0.05, 0) is 47.2 Å². The van der Waals surface area contributed by atoms with E-state index in [2.05, 4.69) is 17.3 Å². The standard InChI is InChI=1S/C12H24N2O2/c1-9(15)12(2,3)13-11(16)8-10-6-5-7-14(10)4/h9-10,15H,5-8H2,1-4H3,(H,13,16). The second-order valence-electron chi connectivity index (χ2n) is 5.43. The maximum atomic E-state index is 11.8. The molecule has 4 nitrogen and oxygen atoms in total. The summed E-state index contributed by atoms with van der Waals surface area (Å²) in [5.41, 5.74) is -0.547. The summed E-state index contributed by atoms with van der Waals surface area (Å²) >= 11 is 0. The Bertz CT molecular complexity index is 251. The van der Waals surface area contributed by atoms with Crippen molar-refractivity contribution in [3.63, 3.8) is 0 Å². The van der Waals surface area contributed by atoms with Crippen molar-refractivity contribution in [2.45, 2.75) is 57.7 Å². The number of hydrogen-bond donors (Lipinski definition) is 2. The fourth-order valence-corrected chi connectivity index (χ4v) is 1.97. The van der Waals surface area contributed by atoms with E-state index >= 15 is 0 Å². The van der Waals surface area contributed by atoms with Gasteiger partial charge in [-0.3, -0.25) is 4.79 Å². The van der Waals surface area contributed by atoms with Gasteiger partial charge >= 0.3 is 0 Å². The fourth-order valence-electron chi connectivity index (χ4n) is 1.97. The topological polar surface area (TPSA) is 52.6 Å². The predicted molar refractivity (Wildman–Crippen MR) is 64.2 cm³/mol. The molecule has 4 heteroatoms. The van der Waals surface area contributed by atoms with Crippen molar-refractivity contribution in [2.24, 2.45) is 0 Å². The van der Waals surface area contributed by atoms with E-state index < -0.39 is 11.6 Å². The number of rotatable bonds is 4. The highest BCUT2D eigenvalue weighted by molar-refractivity contribution is 5.77. The number of carbonyl (C=O) groups is 1. The Kier molecular flexibility index (Phi) is 4.33. The van der Waals surface area contributed by atoms with E-state index in [0.717, 1.165) is 13.0 Å². The molecule has 1 fully saturated rings. The molecule has 1 rings (SSSR count). The molecular formula is C12H24N2O2. The van der Waals surface area contributed by atoms with Gasteiger partial charge in [0.1, 0.15) is 0 Å². The van der Waals surface area contributed by atoms with E-state index in [1.54, 1.807) is 6.92 Å². The van der Waals surface area contributed by atoms with Crippen molar-refractivity contribution in [3.8, 4) is 0 Å². The van der Waals surface area contributed by atoms with Crippen LogP contribution >= 0.6 is 0 Å². The van der Waals surface area contributed by atoms with Crippen molar-refractivity contribution in [1.82, 2.24) is 10.2 Å². The number of aliphatic hydroxyl groups is 1. The second kappa shape index (κ2) is 5.15. The molecule has 1 heterocycles. The maximum Gasteiger partial charge on any atom is 0.222 e. The monoisotopic (exact) mass is 228 g/mol. The van der Waals surface area contributed by atoms with Gasteiger partial charge in [0.15, 0.2) is 0 Å². The summed E-state index contributed by atoms with van der Waals surface area (Å²) in [6.07, 6.45) is 2.26. The molecule has 1 saturated heterocycles. The number of likely N-dealkylation sites (tertiary alicyclic amines) is 1. The summed E-state index contributed by atoms with van der Waals surface area (Å²) in [4.78, 5) is 14.0. The minimum absolute atomic E-state index is 0.0321. The highest BCUT2D eigenvalue weighted by Gasteiger charge is 2.29. The van der Waals surface area contributed by atoms with Gasteiger partial charge in [0.2, 0.25) is 5.91 Å². The largest absolute Gasteiger partial charge is 0.391 e. The number of carbonyl (C=O) groups excluding carboxylic acids is 1. The van der Waals surface area contributed by atoms with E-state index in [4.69, 9.17) is 0 Å². The molecule has 16 heavy (non-hydrogen) atoms. The molecule has 0 saturated carbocycles. The zero-order chi connectivity index (χ0) is 12.3. The lowest BCUT2D eigenvalue weighted by atomic mass is 9.98. The predicted octanol–water partition coefficient (Wildman–Crippen LogP) is 0.746. The lowest BCUT2D eigenvalue weighted by molar-refractivity contribution is -0.124. The third-order valence-corrected chi connectivity index (χ3v) is 3.60. The van der Waals surface area contributed by atoms with Crippen LogP contribution in [-0.4, -0.2) is 47.2 Å². The second-order valence-corrected chi connectivity index (χ2v) is 5.43. The maximum absolute atomic E-state index is 11.8. The van der Waals surface area contributed by atoms with Crippen LogP contribution in [0, 0.1) is 0 Å². The van der Waals surface area contributed by atoms with Crippen molar-refractivity contribution >= 4 is 5.91 Å². The molecule has 2 atom stereocenters. The summed E-state index contributed by atoms with van der Waals surface area (Å²) in [6, 6.07) is 0.366. The van der Waals surface area contributed by atoms with Crippen LogP contribution in [0.15, 0.2) is 0 Å². The lowest BCUT2D eigenvalue weighted by Gasteiger charge is -2.30. The van der Waals surface area contributed by atoms with Crippen LogP contribution in [0.1, 0.15) is 40.0 Å². The Morgan fingerprint density at radius 1 is 1.62 bits per heavy atom. The van der Waals surface area contributed by atoms with E-state index in [1.165, 1.54) is 6.42 Å². The molecule has 1 aliphatic rings. The average molecular weight is 228 g/mol. The number of amides is 1. The van der Waals surface area contributed by atoms with Crippen LogP contribution < -0.4 is 5.32 Å². The van der Waals surface area contributed by atoms with E-state index in [-0.39, 0.29) is 5.91 Å². The van der Waals surface area contributed by atoms with Crippen LogP contribution in [0.2, 0.25) is 0 Å². The van der Waals surface area contributed by atoms with Crippen LogP contribution in [0.25, 0.3) is 0 Å². The molecule has 2 N–H and O–H groups in total. The summed E-state index contributed by atoms with van der Waals surface area (Å²) in [5.74, 6) is 0.0321. The van der Waals surface area contributed by atoms with E-state index in [1.807, 2.05) is 13.8 Å². The number of aliphatic hydroxyl groups excluding tert-OH is 1. The molecule has 0 radical (unpaired) electrons. The van der Waals surface area contributed by atoms with Crippen molar-refractivity contribution < 1.29 is 9.90 Å². The molecule has 0 aromatic heterocycles. The number of hydrogen-bond acceptors (Lipinski definition) is 3. The number of nitrogens with zero attached hydrogens (tertiary/aromatic N) is 1. The quantitative estimate of drug-likeness (QED) is 0.746. The first-order chi connectivity index (χ1) is 7.33. The van der Waals surface area contributed by atoms with Gasteiger partial charge in [-0.2, -0.15) is 0 Å². The van der Waals surface area contributed by atoms with E-state index in [9.17, 15) is 9.90 Å². The van der Waals surface area contributed by atoms with Gasteiger partial charge in [0.05, 0.1) is 11.6 Å². The zero-order valence-corrected chi connectivity index (χ0v) is 10.8. The minimum Gasteiger partial charge on any atom is -0.391 e. The zero-order valence-electron chi connectivity index (χ0n) is 10.8. The molecule has 0 aromatic carbocycles. The molecule has 1 amide bonds. The molecule has 1 aliphatic heterocycles. The molecule has 0 spiro atoms. The van der Waals surface area contributed by atoms with Gasteiger partial charge in [-0.15, -0.1) is 0 Å². The van der Waals surface area contributed by atoms with Crippen LogP contribution in [0.4, 0.5) is 0 Å². The fraction of sp³-hybridized carbons (Fsp3) is 0.917. The Morgan fingerprint density at radius 2 is 2.25 bits per heavy atom. The lowest BCUT2D eigenvalue weighted by Crippen LogP contribution is -2.51. The average Bonchev–Trinajstić information content (AvgIpc) is 2.50. The summed E-state index contributed by atoms with van der Waals surface area (Å²) in [6.45, 7) is 6.46. The molecule has 94 valence electrons. The Balaban J connectivity index is 2.41. The third kappa shape index (κ3) is 3.46. The van der Waals surface area contributed by atoms with Gasteiger partial charge in [0.25, 0.3) is 0 Å². The van der Waals surface area contributed by atoms with E-state index in [0.29, 0.717) is 12.5 Å². The number of nitrogens with one attached hydrogen (secondary N) is 1. The van der Waals surface area contributed by atoms with Crippen LogP contribution in [0.5, 0.6) is 0 Å². The van der Waals surface area contributed by atoms with Gasteiger partial charge in [-0.1, -0.05) is 0 Å². The molecule has 0 aliphatic carbocycles. The van der Waals surface area contributed by atoms with Gasteiger partial charge < -0.3 is 15.3 Å². The highest BCUT2D eigenvalue weighted by Crippen LogP contribution is 2.18. The first-order valence-electron chi connectivity index (χ1n) is 6.02. The molecular weight excluding hydrogens is 204 g/mol. The van der Waals surface area contributed by atoms with Crippen molar-refractivity contribution in [3.05, 3.63) is 0 Å². The minimum atomic E-state index is -0.547. The first kappa shape index (κ1) is 13.5.